The molecule has 1 aliphatic carbocycles. The van der Waals surface area contributed by atoms with Crippen LogP contribution in [-0.2, 0) is 13.0 Å². The first-order valence-corrected chi connectivity index (χ1v) is 15.6. The molecule has 0 unspecified atom stereocenters. The Labute approximate surface area is 276 Å². The molecule has 3 N–H and O–H groups in total. The van der Waals surface area contributed by atoms with Crippen LogP contribution in [0.4, 0.5) is 5.69 Å². The number of anilines is 1. The molecule has 6 rings (SSSR count). The lowest BCUT2D eigenvalue weighted by Gasteiger charge is -2.16. The number of carbonyl (C=O) groups excluding carboxylic acids is 4. The van der Waals surface area contributed by atoms with Gasteiger partial charge < -0.3 is 16.0 Å². The molecule has 5 aromatic rings. The number of rotatable bonds is 8. The first kappa shape index (κ1) is 31.6. The number of ketones is 1. The molecule has 11 heteroatoms. The van der Waals surface area contributed by atoms with Crippen LogP contribution in [-0.4, -0.2) is 38.1 Å². The Morgan fingerprint density at radius 3 is 2.45 bits per heavy atom. The number of carbonyl (C=O) groups is 4. The van der Waals surface area contributed by atoms with Crippen LogP contribution in [0.5, 0.6) is 0 Å². The summed E-state index contributed by atoms with van der Waals surface area (Å²) in [7, 11) is 0. The molecule has 238 valence electrons. The highest BCUT2D eigenvalue weighted by Crippen LogP contribution is 2.35. The predicted molar refractivity (Wildman–Crippen MR) is 179 cm³/mol. The van der Waals surface area contributed by atoms with Crippen molar-refractivity contribution in [1.29, 1.82) is 0 Å². The second-order valence-corrected chi connectivity index (χ2v) is 12.2. The Balaban J connectivity index is 1.34. The molecule has 1 aliphatic rings. The van der Waals surface area contributed by atoms with Crippen LogP contribution in [0.3, 0.4) is 0 Å². The van der Waals surface area contributed by atoms with E-state index in [2.05, 4.69) is 26.0 Å². The van der Waals surface area contributed by atoms with Gasteiger partial charge in [-0.3, -0.25) is 19.2 Å². The van der Waals surface area contributed by atoms with Gasteiger partial charge in [0, 0.05) is 18.2 Å². The number of amides is 3. The van der Waals surface area contributed by atoms with E-state index in [4.69, 9.17) is 11.6 Å². The Morgan fingerprint density at radius 1 is 0.915 bits per heavy atom. The van der Waals surface area contributed by atoms with E-state index in [1.165, 1.54) is 16.8 Å². The van der Waals surface area contributed by atoms with Crippen LogP contribution in [0.1, 0.15) is 94.5 Å². The fourth-order valence-corrected chi connectivity index (χ4v) is 6.17. The third kappa shape index (κ3) is 6.24. The van der Waals surface area contributed by atoms with Crippen molar-refractivity contribution in [3.8, 4) is 0 Å². The maximum Gasteiger partial charge on any atom is 0.270 e. The molecule has 47 heavy (non-hydrogen) atoms. The average Bonchev–Trinajstić information content (AvgIpc) is 3.67. The number of fused-ring (bicyclic) bond motifs is 2. The van der Waals surface area contributed by atoms with Gasteiger partial charge in [-0.25, -0.2) is 9.50 Å². The van der Waals surface area contributed by atoms with E-state index in [0.717, 1.165) is 33.4 Å². The van der Waals surface area contributed by atoms with Crippen molar-refractivity contribution in [1.82, 2.24) is 25.2 Å². The number of benzene rings is 3. The van der Waals surface area contributed by atoms with Gasteiger partial charge in [0.25, 0.3) is 17.7 Å². The van der Waals surface area contributed by atoms with E-state index in [0.29, 0.717) is 29.1 Å². The second-order valence-electron chi connectivity index (χ2n) is 11.8. The van der Waals surface area contributed by atoms with Crippen LogP contribution < -0.4 is 16.0 Å². The Hall–Kier alpha value is -5.35. The maximum atomic E-state index is 13.9. The summed E-state index contributed by atoms with van der Waals surface area (Å²) in [6.45, 7) is 7.73. The first-order chi connectivity index (χ1) is 22.5. The van der Waals surface area contributed by atoms with Gasteiger partial charge in [0.15, 0.2) is 11.4 Å². The normalized spacial score (nSPS) is 13.7. The molecule has 0 spiro atoms. The largest absolute Gasteiger partial charge is 0.347 e. The lowest BCUT2D eigenvalue weighted by atomic mass is 9.96. The van der Waals surface area contributed by atoms with Crippen molar-refractivity contribution >= 4 is 46.4 Å². The second kappa shape index (κ2) is 12.8. The van der Waals surface area contributed by atoms with Crippen molar-refractivity contribution in [2.45, 2.75) is 53.1 Å². The minimum absolute atomic E-state index is 0.00617. The van der Waals surface area contributed by atoms with Crippen LogP contribution in [0.15, 0.2) is 66.9 Å². The summed E-state index contributed by atoms with van der Waals surface area (Å²) in [5.74, 6) is -1.57. The Bertz CT molecular complexity index is 2100. The molecular weight excluding hydrogens is 616 g/mol. The average molecular weight is 649 g/mol. The molecular formula is C36H33ClN6O4. The fraction of sp³-hybridized carbons (Fsp3) is 0.222. The molecule has 0 aliphatic heterocycles. The lowest BCUT2D eigenvalue weighted by Crippen LogP contribution is -2.31. The molecule has 2 aromatic heterocycles. The zero-order valence-electron chi connectivity index (χ0n) is 26.4. The number of hydrogen-bond donors (Lipinski definition) is 3. The topological polar surface area (TPSA) is 135 Å². The minimum Gasteiger partial charge on any atom is -0.347 e. The monoisotopic (exact) mass is 648 g/mol. The number of halogens is 1. The maximum absolute atomic E-state index is 13.9. The van der Waals surface area contributed by atoms with Crippen molar-refractivity contribution < 1.29 is 19.2 Å². The van der Waals surface area contributed by atoms with E-state index in [1.54, 1.807) is 37.3 Å². The van der Waals surface area contributed by atoms with Crippen molar-refractivity contribution in [2.75, 3.05) is 5.32 Å². The zero-order chi connectivity index (χ0) is 33.4. The van der Waals surface area contributed by atoms with E-state index in [9.17, 15) is 19.2 Å². The summed E-state index contributed by atoms with van der Waals surface area (Å²) in [5.41, 5.74) is 7.20. The predicted octanol–water partition coefficient (Wildman–Crippen LogP) is 6.11. The fourth-order valence-electron chi connectivity index (χ4n) is 5.98. The number of para-hydroxylation sites is 1. The van der Waals surface area contributed by atoms with Crippen LogP contribution in [0, 0.1) is 20.8 Å². The number of aryl methyl sites for hydroxylation is 2. The summed E-state index contributed by atoms with van der Waals surface area (Å²) in [6.07, 6.45) is 2.66. The molecule has 0 radical (unpaired) electrons. The van der Waals surface area contributed by atoms with Gasteiger partial charge in [-0.1, -0.05) is 54.1 Å². The van der Waals surface area contributed by atoms with Crippen molar-refractivity contribution in [3.63, 3.8) is 0 Å². The van der Waals surface area contributed by atoms with Crippen LogP contribution in [0.2, 0.25) is 5.02 Å². The summed E-state index contributed by atoms with van der Waals surface area (Å²) >= 11 is 6.26. The number of nitrogens with zero attached hydrogens (tertiary/aromatic N) is 3. The van der Waals surface area contributed by atoms with Crippen LogP contribution in [0.25, 0.3) is 5.65 Å². The van der Waals surface area contributed by atoms with Crippen molar-refractivity contribution in [3.05, 3.63) is 128 Å². The molecule has 3 amide bonds. The quantitative estimate of drug-likeness (QED) is 0.174. The molecule has 2 heterocycles. The van der Waals surface area contributed by atoms with E-state index >= 15 is 0 Å². The van der Waals surface area contributed by atoms with Gasteiger partial charge >= 0.3 is 0 Å². The number of hydrogen-bond acceptors (Lipinski definition) is 6. The SMILES string of the molecule is CC(=O)c1ccc2c(c1C)CC[C@@H]2NC(=O)c1cc(C(=O)NCc2ccc(C)c(C)c2)nc2c(C(=O)Nc3ccccc3Cl)cnn12. The smallest absolute Gasteiger partial charge is 0.270 e. The number of aromatic nitrogens is 3. The van der Waals surface area contributed by atoms with Gasteiger partial charge in [-0.2, -0.15) is 5.10 Å². The standard InChI is InChI=1S/C36H33ClN6O4/c1-19-9-10-23(15-20(19)2)17-38-35(46)31-16-32(36(47)41-29-14-13-25-21(3)24(22(4)44)11-12-26(25)29)43-33(40-31)27(18-39-43)34(45)42-30-8-6-5-7-28(30)37/h5-12,15-16,18,29H,13-14,17H2,1-4H3,(H,38,46)(H,41,47)(H,42,45)/t29-/m0/s1. The Morgan fingerprint density at radius 2 is 1.70 bits per heavy atom. The highest BCUT2D eigenvalue weighted by atomic mass is 35.5. The van der Waals surface area contributed by atoms with Gasteiger partial charge in [0.2, 0.25) is 0 Å². The van der Waals surface area contributed by atoms with E-state index < -0.39 is 17.7 Å². The van der Waals surface area contributed by atoms with Gasteiger partial charge in [-0.15, -0.1) is 0 Å². The van der Waals surface area contributed by atoms with Gasteiger partial charge in [-0.05, 0) is 86.1 Å². The summed E-state index contributed by atoms with van der Waals surface area (Å²) in [6, 6.07) is 17.4. The molecule has 10 nitrogen and oxygen atoms in total. The summed E-state index contributed by atoms with van der Waals surface area (Å²) in [5, 5.41) is 13.4. The summed E-state index contributed by atoms with van der Waals surface area (Å²) < 4.78 is 1.26. The molecule has 0 fully saturated rings. The van der Waals surface area contributed by atoms with E-state index in [1.807, 2.05) is 45.0 Å². The molecule has 0 saturated heterocycles. The lowest BCUT2D eigenvalue weighted by molar-refractivity contribution is 0.0926. The first-order valence-electron chi connectivity index (χ1n) is 15.2. The van der Waals surface area contributed by atoms with Crippen LogP contribution >= 0.6 is 11.6 Å². The van der Waals surface area contributed by atoms with E-state index in [-0.39, 0.29) is 41.0 Å². The van der Waals surface area contributed by atoms with Gasteiger partial charge in [0.1, 0.15) is 17.0 Å². The van der Waals surface area contributed by atoms with Crippen molar-refractivity contribution in [2.24, 2.45) is 0 Å². The molecule has 3 aromatic carbocycles. The molecule has 1 atom stereocenters. The highest BCUT2D eigenvalue weighted by Gasteiger charge is 2.29. The number of Topliss-reactive ketones (excluding diaryl/α,β-unsaturated/α-hetero) is 1. The minimum atomic E-state index is -0.555. The third-order valence-electron chi connectivity index (χ3n) is 8.71. The Kier molecular flexibility index (Phi) is 8.62. The van der Waals surface area contributed by atoms with Gasteiger partial charge in [0.05, 0.1) is 22.9 Å². The third-order valence-corrected chi connectivity index (χ3v) is 9.04. The molecule has 0 saturated carbocycles. The number of nitrogens with one attached hydrogen (secondary N) is 3. The highest BCUT2D eigenvalue weighted by molar-refractivity contribution is 6.34. The molecule has 0 bridgehead atoms. The summed E-state index contributed by atoms with van der Waals surface area (Å²) in [4.78, 5) is 57.4. The zero-order valence-corrected chi connectivity index (χ0v) is 27.2.